The van der Waals surface area contributed by atoms with Crippen molar-refractivity contribution in [3.8, 4) is 5.75 Å². The Labute approximate surface area is 104 Å². The molecule has 0 aliphatic rings. The molecule has 1 rings (SSSR count). The fraction of sp³-hybridized carbons (Fsp3) is 0.538. The van der Waals surface area contributed by atoms with E-state index in [0.717, 1.165) is 5.56 Å². The van der Waals surface area contributed by atoms with Gasteiger partial charge in [0.25, 0.3) is 0 Å². The Bertz CT molecular complexity index is 377. The van der Waals surface area contributed by atoms with Crippen molar-refractivity contribution >= 4 is 0 Å². The molecule has 0 aliphatic carbocycles. The van der Waals surface area contributed by atoms with E-state index in [0.29, 0.717) is 12.3 Å². The summed E-state index contributed by atoms with van der Waals surface area (Å²) in [6.07, 6.45) is -2.45. The van der Waals surface area contributed by atoms with Crippen LogP contribution in [0, 0.1) is 5.92 Å². The quantitative estimate of drug-likeness (QED) is 0.696. The minimum Gasteiger partial charge on any atom is -0.435 e. The lowest BCUT2D eigenvalue weighted by Crippen LogP contribution is -2.07. The first kappa shape index (κ1) is 14.8. The van der Waals surface area contributed by atoms with Crippen molar-refractivity contribution in [3.63, 3.8) is 0 Å². The first-order chi connectivity index (χ1) is 8.38. The van der Waals surface area contributed by atoms with Gasteiger partial charge in [-0.2, -0.15) is 8.78 Å². The third kappa shape index (κ3) is 4.94. The van der Waals surface area contributed by atoms with Crippen molar-refractivity contribution in [3.05, 3.63) is 29.3 Å². The maximum atomic E-state index is 12.4. The number of hydrogen-bond acceptors (Lipinski definition) is 1. The van der Waals surface area contributed by atoms with E-state index < -0.39 is 19.5 Å². The molecule has 0 aromatic heterocycles. The molecule has 0 unspecified atom stereocenters. The number of benzene rings is 1. The Morgan fingerprint density at radius 3 is 2.22 bits per heavy atom. The summed E-state index contributed by atoms with van der Waals surface area (Å²) in [7, 11) is 0. The molecule has 1 nitrogen and oxygen atoms in total. The standard InChI is InChI=1S/C13H16F4O/c1-8(2)5-9-3-4-11(18-13(16)17)10(6-9)7-12(14)15/h3-4,6,8,12-13H,5,7H2,1-2H3. The highest BCUT2D eigenvalue weighted by Gasteiger charge is 2.14. The molecule has 0 fully saturated rings. The van der Waals surface area contributed by atoms with Crippen LogP contribution in [0.5, 0.6) is 5.75 Å². The van der Waals surface area contributed by atoms with E-state index in [1.54, 1.807) is 6.07 Å². The highest BCUT2D eigenvalue weighted by molar-refractivity contribution is 5.38. The first-order valence-electron chi connectivity index (χ1n) is 5.73. The molecule has 0 heterocycles. The number of alkyl halides is 4. The Hall–Kier alpha value is -1.26. The van der Waals surface area contributed by atoms with Crippen LogP contribution in [0.2, 0.25) is 0 Å². The molecule has 0 spiro atoms. The molecule has 0 atom stereocenters. The van der Waals surface area contributed by atoms with Crippen LogP contribution in [0.4, 0.5) is 17.6 Å². The Morgan fingerprint density at radius 1 is 1.06 bits per heavy atom. The van der Waals surface area contributed by atoms with Crippen molar-refractivity contribution in [2.45, 2.75) is 39.7 Å². The Balaban J connectivity index is 2.96. The van der Waals surface area contributed by atoms with Crippen molar-refractivity contribution in [2.75, 3.05) is 0 Å². The summed E-state index contributed by atoms with van der Waals surface area (Å²) in [5.41, 5.74) is 0.978. The van der Waals surface area contributed by atoms with Crippen molar-refractivity contribution < 1.29 is 22.3 Å². The molecule has 0 saturated heterocycles. The van der Waals surface area contributed by atoms with Crippen LogP contribution in [0.1, 0.15) is 25.0 Å². The van der Waals surface area contributed by atoms with E-state index in [9.17, 15) is 17.6 Å². The summed E-state index contributed by atoms with van der Waals surface area (Å²) >= 11 is 0. The van der Waals surface area contributed by atoms with Gasteiger partial charge >= 0.3 is 6.61 Å². The van der Waals surface area contributed by atoms with Gasteiger partial charge in [-0.15, -0.1) is 0 Å². The molecule has 102 valence electrons. The summed E-state index contributed by atoms with van der Waals surface area (Å²) in [5, 5.41) is 0. The van der Waals surface area contributed by atoms with Crippen molar-refractivity contribution in [1.29, 1.82) is 0 Å². The SMILES string of the molecule is CC(C)Cc1ccc(OC(F)F)c(CC(F)F)c1. The molecule has 0 bridgehead atoms. The first-order valence-corrected chi connectivity index (χ1v) is 5.73. The van der Waals surface area contributed by atoms with Gasteiger partial charge in [0, 0.05) is 12.0 Å². The van der Waals surface area contributed by atoms with Gasteiger partial charge in [-0.25, -0.2) is 8.78 Å². The van der Waals surface area contributed by atoms with Crippen molar-refractivity contribution in [1.82, 2.24) is 0 Å². The Kier molecular flexibility index (Phi) is 5.44. The molecule has 0 saturated carbocycles. The summed E-state index contributed by atoms with van der Waals surface area (Å²) in [4.78, 5) is 0. The fourth-order valence-corrected chi connectivity index (χ4v) is 1.77. The average Bonchev–Trinajstić information content (AvgIpc) is 2.19. The van der Waals surface area contributed by atoms with Crippen LogP contribution < -0.4 is 4.74 Å². The predicted molar refractivity (Wildman–Crippen MR) is 61.3 cm³/mol. The second-order valence-corrected chi connectivity index (χ2v) is 4.51. The molecule has 0 radical (unpaired) electrons. The van der Waals surface area contributed by atoms with E-state index in [4.69, 9.17) is 0 Å². The lowest BCUT2D eigenvalue weighted by Gasteiger charge is -2.13. The molecule has 0 N–H and O–H groups in total. The van der Waals surface area contributed by atoms with Gasteiger partial charge in [-0.1, -0.05) is 26.0 Å². The lowest BCUT2D eigenvalue weighted by molar-refractivity contribution is -0.0508. The van der Waals surface area contributed by atoms with Gasteiger partial charge in [-0.3, -0.25) is 0 Å². The van der Waals surface area contributed by atoms with Crippen LogP contribution in [-0.2, 0) is 12.8 Å². The maximum absolute atomic E-state index is 12.4. The van der Waals surface area contributed by atoms with Gasteiger partial charge in [0.05, 0.1) is 0 Å². The molecular weight excluding hydrogens is 248 g/mol. The summed E-state index contributed by atoms with van der Waals surface area (Å²) in [6.45, 7) is 0.990. The normalized spacial score (nSPS) is 11.6. The van der Waals surface area contributed by atoms with Gasteiger partial charge < -0.3 is 4.74 Å². The van der Waals surface area contributed by atoms with Crippen LogP contribution in [0.25, 0.3) is 0 Å². The van der Waals surface area contributed by atoms with Gasteiger partial charge in [0.1, 0.15) is 5.75 Å². The van der Waals surface area contributed by atoms with Gasteiger partial charge in [0.15, 0.2) is 0 Å². The number of rotatable bonds is 6. The predicted octanol–water partition coefficient (Wildman–Crippen LogP) is 4.29. The summed E-state index contributed by atoms with van der Waals surface area (Å²) in [6, 6.07) is 4.48. The second-order valence-electron chi connectivity index (χ2n) is 4.51. The van der Waals surface area contributed by atoms with Crippen molar-refractivity contribution in [2.24, 2.45) is 5.92 Å². The van der Waals surface area contributed by atoms with Crippen LogP contribution in [-0.4, -0.2) is 13.0 Å². The second kappa shape index (κ2) is 6.61. The number of ether oxygens (including phenoxy) is 1. The zero-order valence-corrected chi connectivity index (χ0v) is 10.3. The molecule has 5 heteroatoms. The van der Waals surface area contributed by atoms with Crippen LogP contribution in [0.3, 0.4) is 0 Å². The smallest absolute Gasteiger partial charge is 0.387 e. The monoisotopic (exact) mass is 264 g/mol. The van der Waals surface area contributed by atoms with Crippen LogP contribution in [0.15, 0.2) is 18.2 Å². The molecule has 0 aliphatic heterocycles. The lowest BCUT2D eigenvalue weighted by atomic mass is 9.99. The summed E-state index contributed by atoms with van der Waals surface area (Å²) < 4.78 is 53.3. The van der Waals surface area contributed by atoms with E-state index >= 15 is 0 Å². The zero-order valence-electron chi connectivity index (χ0n) is 10.3. The third-order valence-electron chi connectivity index (χ3n) is 2.36. The number of halogens is 4. The topological polar surface area (TPSA) is 9.23 Å². The number of hydrogen-bond donors (Lipinski definition) is 0. The highest BCUT2D eigenvalue weighted by Crippen LogP contribution is 2.25. The minimum absolute atomic E-state index is 0.128. The Morgan fingerprint density at radius 2 is 1.72 bits per heavy atom. The largest absolute Gasteiger partial charge is 0.435 e. The van der Waals surface area contributed by atoms with E-state index in [1.165, 1.54) is 12.1 Å². The van der Waals surface area contributed by atoms with Gasteiger partial charge in [-0.05, 0) is 24.0 Å². The fourth-order valence-electron chi connectivity index (χ4n) is 1.77. The minimum atomic E-state index is -3.00. The van der Waals surface area contributed by atoms with Gasteiger partial charge in [0.2, 0.25) is 6.43 Å². The third-order valence-corrected chi connectivity index (χ3v) is 2.36. The van der Waals surface area contributed by atoms with E-state index in [-0.39, 0.29) is 11.3 Å². The molecule has 18 heavy (non-hydrogen) atoms. The van der Waals surface area contributed by atoms with E-state index in [1.807, 2.05) is 13.8 Å². The molecular formula is C13H16F4O. The molecule has 1 aromatic rings. The average molecular weight is 264 g/mol. The molecule has 0 amide bonds. The summed E-state index contributed by atoms with van der Waals surface area (Å²) in [5.74, 6) is 0.198. The zero-order chi connectivity index (χ0) is 13.7. The van der Waals surface area contributed by atoms with E-state index in [2.05, 4.69) is 4.74 Å². The maximum Gasteiger partial charge on any atom is 0.387 e. The van der Waals surface area contributed by atoms with Crippen LogP contribution >= 0.6 is 0 Å². The highest BCUT2D eigenvalue weighted by atomic mass is 19.3. The molecule has 1 aromatic carbocycles.